The van der Waals surface area contributed by atoms with E-state index in [0.29, 0.717) is 12.0 Å². The van der Waals surface area contributed by atoms with Gasteiger partial charge in [0.25, 0.3) is 0 Å². The van der Waals surface area contributed by atoms with Crippen molar-refractivity contribution in [3.63, 3.8) is 0 Å². The van der Waals surface area contributed by atoms with Crippen molar-refractivity contribution in [2.24, 2.45) is 0 Å². The van der Waals surface area contributed by atoms with Crippen LogP contribution in [0.3, 0.4) is 0 Å². The third-order valence-corrected chi connectivity index (χ3v) is 13.4. The molecular weight excluding hydrogens is 518 g/mol. The molecule has 2 aliphatic rings. The van der Waals surface area contributed by atoms with Gasteiger partial charge in [0.15, 0.2) is 0 Å². The van der Waals surface area contributed by atoms with E-state index in [2.05, 4.69) is 23.5 Å². The fourth-order valence-electron chi connectivity index (χ4n) is 4.95. The average Bonchev–Trinajstić information content (AvgIpc) is 3.37. The van der Waals surface area contributed by atoms with Gasteiger partial charge in [0.05, 0.1) is 0 Å². The minimum atomic E-state index is -4.15. The molecule has 0 bridgehead atoms. The number of fused-ring (bicyclic) bond motifs is 3. The van der Waals surface area contributed by atoms with Crippen molar-refractivity contribution in [3.05, 3.63) is 58.9 Å². The van der Waals surface area contributed by atoms with Gasteiger partial charge in [0, 0.05) is 6.54 Å². The summed E-state index contributed by atoms with van der Waals surface area (Å²) in [5, 5.41) is 13.2. The Bertz CT molecular complexity index is 1230. The molecule has 0 amide bonds. The van der Waals surface area contributed by atoms with Crippen LogP contribution in [0.2, 0.25) is 15.6 Å². The topological polar surface area (TPSA) is 86.7 Å². The molecule has 182 valence electrons. The number of allylic oxidation sites excluding steroid dienone is 1. The molecule has 0 aliphatic carbocycles. The first kappa shape index (κ1) is 24.8. The second kappa shape index (κ2) is 10.1. The van der Waals surface area contributed by atoms with Gasteiger partial charge < -0.3 is 0 Å². The first-order chi connectivity index (χ1) is 16.2. The summed E-state index contributed by atoms with van der Waals surface area (Å²) in [5.41, 5.74) is 1.84. The summed E-state index contributed by atoms with van der Waals surface area (Å²) in [5.74, 6) is -1.69. The number of rotatable bonds is 9. The normalized spacial score (nSPS) is 17.4. The Morgan fingerprint density at radius 1 is 1.26 bits per heavy atom. The Hall–Kier alpha value is -2.31. The molecule has 2 aliphatic heterocycles. The van der Waals surface area contributed by atoms with E-state index < -0.39 is 36.5 Å². The Morgan fingerprint density at radius 3 is 2.74 bits per heavy atom. The number of sulfonamides is 1. The molecule has 0 aromatic heterocycles. The van der Waals surface area contributed by atoms with Gasteiger partial charge in [-0.2, -0.15) is 0 Å². The Morgan fingerprint density at radius 2 is 2.03 bits per heavy atom. The molecule has 0 saturated carbocycles. The molecule has 1 atom stereocenters. The van der Waals surface area contributed by atoms with Crippen LogP contribution in [0.25, 0.3) is 6.08 Å². The minimum Gasteiger partial charge on any atom is -0.0336 e. The number of carboxylic acid groups (broad SMARTS) is 1. The van der Waals surface area contributed by atoms with Crippen LogP contribution in [-0.2, 0) is 16.4 Å². The predicted molar refractivity (Wildman–Crippen MR) is 135 cm³/mol. The molecular formula is C25H30AsFN2O4S. The summed E-state index contributed by atoms with van der Waals surface area (Å²) in [7, 11) is -4.15. The molecule has 2 heterocycles. The molecule has 1 saturated heterocycles. The monoisotopic (exact) mass is 548 g/mol. The minimum absolute atomic E-state index is 0.00490. The molecule has 1 fully saturated rings. The van der Waals surface area contributed by atoms with E-state index >= 15 is 0 Å². The van der Waals surface area contributed by atoms with Gasteiger partial charge in [-0.15, -0.1) is 0 Å². The van der Waals surface area contributed by atoms with Crippen molar-refractivity contribution in [2.45, 2.75) is 59.7 Å². The Kier molecular flexibility index (Phi) is 7.39. The Labute approximate surface area is 205 Å². The summed E-state index contributed by atoms with van der Waals surface area (Å²) >= 11 is -0.979. The molecule has 34 heavy (non-hydrogen) atoms. The van der Waals surface area contributed by atoms with Crippen LogP contribution in [0.5, 0.6) is 0 Å². The second-order valence-corrected chi connectivity index (χ2v) is 16.5. The number of aromatic carboxylic acids is 1. The number of benzene rings is 2. The standard InChI is InChI=1S/C25H30AsFN2O4S/c1-3-26(4-2)13-5-7-17-15-18(27)9-12-23(17)34(32,33)28-21-10-11-22-20(24(21)25(30)31)16-19-8-6-14-29(19)22/h5,7,9-12,15,19,28H,3-4,6,8,13-14,16H2,1-2H3,(H,30,31)/t19-/m0/s1. The van der Waals surface area contributed by atoms with E-state index in [1.54, 1.807) is 12.1 Å². The average molecular weight is 549 g/mol. The van der Waals surface area contributed by atoms with Gasteiger partial charge >= 0.3 is 186 Å². The van der Waals surface area contributed by atoms with Crippen LogP contribution in [0, 0.1) is 5.82 Å². The quantitative estimate of drug-likeness (QED) is 0.410. The number of halogens is 1. The molecule has 0 radical (unpaired) electrons. The molecule has 0 unspecified atom stereocenters. The van der Waals surface area contributed by atoms with E-state index in [1.807, 2.05) is 6.08 Å². The van der Waals surface area contributed by atoms with Gasteiger partial charge in [-0.05, 0) is 12.8 Å². The van der Waals surface area contributed by atoms with E-state index in [0.717, 1.165) is 46.8 Å². The number of nitrogens with one attached hydrogen (secondary N) is 1. The van der Waals surface area contributed by atoms with Gasteiger partial charge in [0.2, 0.25) is 0 Å². The van der Waals surface area contributed by atoms with Crippen LogP contribution in [0.1, 0.15) is 48.2 Å². The zero-order valence-corrected chi connectivity index (χ0v) is 22.1. The third-order valence-electron chi connectivity index (χ3n) is 6.69. The van der Waals surface area contributed by atoms with E-state index in [4.69, 9.17) is 0 Å². The van der Waals surface area contributed by atoms with Crippen LogP contribution >= 0.6 is 0 Å². The molecule has 2 N–H and O–H groups in total. The summed E-state index contributed by atoms with van der Waals surface area (Å²) in [4.78, 5) is 14.3. The number of nitrogens with zero attached hydrogens (tertiary/aromatic N) is 1. The second-order valence-electron chi connectivity index (χ2n) is 8.66. The molecule has 0 spiro atoms. The van der Waals surface area contributed by atoms with E-state index in [9.17, 15) is 22.7 Å². The Balaban J connectivity index is 1.68. The summed E-state index contributed by atoms with van der Waals surface area (Å²) < 4.78 is 43.2. The van der Waals surface area contributed by atoms with E-state index in [1.165, 1.54) is 18.2 Å². The fourth-order valence-corrected chi connectivity index (χ4v) is 9.07. The fraction of sp³-hybridized carbons (Fsp3) is 0.400. The number of anilines is 2. The van der Waals surface area contributed by atoms with Crippen LogP contribution in [-0.4, -0.2) is 46.7 Å². The first-order valence-electron chi connectivity index (χ1n) is 11.6. The van der Waals surface area contributed by atoms with Crippen molar-refractivity contribution in [1.29, 1.82) is 0 Å². The van der Waals surface area contributed by atoms with Gasteiger partial charge in [-0.3, -0.25) is 0 Å². The molecule has 6 nitrogen and oxygen atoms in total. The SMILES string of the molecule is CC[As](CC)CC=Cc1cc(F)ccc1S(=O)(=O)Nc1ccc2c(c1C(=O)O)C[C@@H]1CCCN21. The van der Waals surface area contributed by atoms with Crippen molar-refractivity contribution in [3.8, 4) is 0 Å². The summed E-state index contributed by atoms with van der Waals surface area (Å²) in [6.45, 7) is 5.22. The third kappa shape index (κ3) is 4.89. The van der Waals surface area contributed by atoms with Crippen LogP contribution < -0.4 is 9.62 Å². The van der Waals surface area contributed by atoms with Gasteiger partial charge in [-0.1, -0.05) is 0 Å². The zero-order valence-electron chi connectivity index (χ0n) is 19.4. The van der Waals surface area contributed by atoms with Crippen molar-refractivity contribution < 1.29 is 22.7 Å². The summed E-state index contributed by atoms with van der Waals surface area (Å²) in [6.07, 6.45) is 6.27. The smallest absolute Gasteiger partial charge is 0.0336 e. The maximum atomic E-state index is 14.0. The molecule has 4 rings (SSSR count). The van der Waals surface area contributed by atoms with Crippen molar-refractivity contribution in [2.75, 3.05) is 16.2 Å². The van der Waals surface area contributed by atoms with Crippen molar-refractivity contribution >= 4 is 48.1 Å². The zero-order chi connectivity index (χ0) is 24.5. The van der Waals surface area contributed by atoms with Gasteiger partial charge in [0.1, 0.15) is 0 Å². The predicted octanol–water partition coefficient (Wildman–Crippen LogP) is 5.40. The van der Waals surface area contributed by atoms with Gasteiger partial charge in [-0.25, -0.2) is 0 Å². The number of carboxylic acids is 1. The molecule has 2 aromatic carbocycles. The molecule has 2 aromatic rings. The number of carbonyl (C=O) groups is 1. The summed E-state index contributed by atoms with van der Waals surface area (Å²) in [6, 6.07) is 7.14. The van der Waals surface area contributed by atoms with Crippen LogP contribution in [0.15, 0.2) is 41.3 Å². The van der Waals surface area contributed by atoms with E-state index in [-0.39, 0.29) is 27.8 Å². The molecule has 9 heteroatoms. The number of hydrogen-bond acceptors (Lipinski definition) is 4. The number of hydrogen-bond donors (Lipinski definition) is 2. The first-order valence-corrected chi connectivity index (χ1v) is 17.1. The van der Waals surface area contributed by atoms with Crippen LogP contribution in [0.4, 0.5) is 15.8 Å². The maximum absolute atomic E-state index is 14.0. The van der Waals surface area contributed by atoms with Crippen molar-refractivity contribution in [1.82, 2.24) is 0 Å².